The van der Waals surface area contributed by atoms with Crippen molar-refractivity contribution >= 4 is 0 Å². The summed E-state index contributed by atoms with van der Waals surface area (Å²) in [5.74, 6) is 0.273. The summed E-state index contributed by atoms with van der Waals surface area (Å²) < 4.78 is 31.5. The topological polar surface area (TPSA) is 53.1 Å². The van der Waals surface area contributed by atoms with E-state index in [1.54, 1.807) is 0 Å². The van der Waals surface area contributed by atoms with E-state index in [0.29, 0.717) is 0 Å². The Balaban J connectivity index is 1.83. The lowest BCUT2D eigenvalue weighted by molar-refractivity contribution is 0.000310. The van der Waals surface area contributed by atoms with Gasteiger partial charge in [0.05, 0.1) is 6.10 Å². The third kappa shape index (κ3) is 3.23. The molecule has 1 aliphatic rings. The van der Waals surface area contributed by atoms with E-state index in [9.17, 15) is 8.78 Å². The summed E-state index contributed by atoms with van der Waals surface area (Å²) in [5.41, 5.74) is 5.78. The lowest BCUT2D eigenvalue weighted by Crippen LogP contribution is -2.30. The van der Waals surface area contributed by atoms with Crippen LogP contribution in [0.4, 0.5) is 8.78 Å². The zero-order chi connectivity index (χ0) is 12.3. The van der Waals surface area contributed by atoms with Gasteiger partial charge in [-0.15, -0.1) is 0 Å². The quantitative estimate of drug-likeness (QED) is 0.883. The molecule has 0 saturated heterocycles. The lowest BCUT2D eigenvalue weighted by atomic mass is 9.94. The van der Waals surface area contributed by atoms with Gasteiger partial charge in [0.2, 0.25) is 0 Å². The SMILES string of the molecule is NC1CCC(OCc2nccn2C(F)F)CC1. The van der Waals surface area contributed by atoms with Crippen LogP contribution in [0.2, 0.25) is 0 Å². The summed E-state index contributed by atoms with van der Waals surface area (Å²) in [5, 5.41) is 0. The van der Waals surface area contributed by atoms with Gasteiger partial charge in [-0.3, -0.25) is 4.57 Å². The molecule has 0 atom stereocenters. The number of aromatic nitrogens is 2. The van der Waals surface area contributed by atoms with E-state index in [-0.39, 0.29) is 24.6 Å². The van der Waals surface area contributed by atoms with Gasteiger partial charge in [-0.1, -0.05) is 0 Å². The first-order chi connectivity index (χ1) is 8.16. The third-order valence-corrected chi connectivity index (χ3v) is 3.13. The Labute approximate surface area is 98.8 Å². The van der Waals surface area contributed by atoms with Crippen LogP contribution in [0.1, 0.15) is 38.1 Å². The standard InChI is InChI=1S/C11H17F2N3O/c12-11(13)16-6-5-15-10(16)7-17-9-3-1-8(14)2-4-9/h5-6,8-9,11H,1-4,7,14H2. The number of nitrogens with zero attached hydrogens (tertiary/aromatic N) is 2. The van der Waals surface area contributed by atoms with Gasteiger partial charge in [0.25, 0.3) is 0 Å². The van der Waals surface area contributed by atoms with Crippen LogP contribution in [0.3, 0.4) is 0 Å². The largest absolute Gasteiger partial charge is 0.370 e. The number of halogens is 2. The number of rotatable bonds is 4. The van der Waals surface area contributed by atoms with Crippen molar-refractivity contribution in [3.63, 3.8) is 0 Å². The Morgan fingerprint density at radius 1 is 1.41 bits per heavy atom. The van der Waals surface area contributed by atoms with Crippen molar-refractivity contribution in [3.8, 4) is 0 Å². The van der Waals surface area contributed by atoms with Crippen LogP contribution in [-0.4, -0.2) is 21.7 Å². The molecule has 4 nitrogen and oxygen atoms in total. The Kier molecular flexibility index (Phi) is 4.06. The highest BCUT2D eigenvalue weighted by Gasteiger charge is 2.20. The number of ether oxygens (including phenoxy) is 1. The van der Waals surface area contributed by atoms with Crippen molar-refractivity contribution in [2.75, 3.05) is 0 Å². The predicted molar refractivity (Wildman–Crippen MR) is 58.5 cm³/mol. The molecular weight excluding hydrogens is 228 g/mol. The van der Waals surface area contributed by atoms with E-state index in [0.717, 1.165) is 30.3 Å². The van der Waals surface area contributed by atoms with Gasteiger partial charge in [0.15, 0.2) is 0 Å². The molecule has 96 valence electrons. The molecule has 0 spiro atoms. The highest BCUT2D eigenvalue weighted by Crippen LogP contribution is 2.21. The highest BCUT2D eigenvalue weighted by molar-refractivity contribution is 4.91. The van der Waals surface area contributed by atoms with E-state index in [1.165, 1.54) is 12.4 Å². The summed E-state index contributed by atoms with van der Waals surface area (Å²) in [6, 6.07) is 0.262. The minimum Gasteiger partial charge on any atom is -0.370 e. The van der Waals surface area contributed by atoms with Crippen LogP contribution in [0.15, 0.2) is 12.4 Å². The number of nitrogens with two attached hydrogens (primary N) is 1. The van der Waals surface area contributed by atoms with E-state index < -0.39 is 6.55 Å². The zero-order valence-electron chi connectivity index (χ0n) is 9.56. The maximum absolute atomic E-state index is 12.5. The molecule has 1 aromatic heterocycles. The molecule has 2 rings (SSSR count). The van der Waals surface area contributed by atoms with Crippen LogP contribution < -0.4 is 5.73 Å². The van der Waals surface area contributed by atoms with E-state index in [4.69, 9.17) is 10.5 Å². The molecule has 0 aliphatic heterocycles. The van der Waals surface area contributed by atoms with Crippen molar-refractivity contribution in [1.82, 2.24) is 9.55 Å². The minimum atomic E-state index is -2.56. The second-order valence-electron chi connectivity index (χ2n) is 4.38. The molecule has 1 aliphatic carbocycles. The minimum absolute atomic E-state index is 0.123. The first-order valence-electron chi connectivity index (χ1n) is 5.84. The van der Waals surface area contributed by atoms with E-state index in [2.05, 4.69) is 4.98 Å². The van der Waals surface area contributed by atoms with Gasteiger partial charge < -0.3 is 10.5 Å². The van der Waals surface area contributed by atoms with Crippen LogP contribution in [0, 0.1) is 0 Å². The molecule has 17 heavy (non-hydrogen) atoms. The second kappa shape index (κ2) is 5.55. The van der Waals surface area contributed by atoms with Crippen molar-refractivity contribution in [2.45, 2.75) is 51.0 Å². The normalized spacial score (nSPS) is 25.4. The average Bonchev–Trinajstić information content (AvgIpc) is 2.76. The van der Waals surface area contributed by atoms with Crippen molar-refractivity contribution < 1.29 is 13.5 Å². The van der Waals surface area contributed by atoms with Gasteiger partial charge in [-0.2, -0.15) is 8.78 Å². The lowest BCUT2D eigenvalue weighted by Gasteiger charge is -2.26. The first-order valence-corrected chi connectivity index (χ1v) is 5.84. The molecule has 0 unspecified atom stereocenters. The summed E-state index contributed by atoms with van der Waals surface area (Å²) >= 11 is 0. The molecular formula is C11H17F2N3O. The van der Waals surface area contributed by atoms with Crippen LogP contribution in [0.5, 0.6) is 0 Å². The molecule has 1 saturated carbocycles. The van der Waals surface area contributed by atoms with Gasteiger partial charge in [0, 0.05) is 18.4 Å². The summed E-state index contributed by atoms with van der Waals surface area (Å²) in [7, 11) is 0. The van der Waals surface area contributed by atoms with Gasteiger partial charge in [0.1, 0.15) is 12.4 Å². The smallest absolute Gasteiger partial charge is 0.320 e. The van der Waals surface area contributed by atoms with E-state index in [1.807, 2.05) is 0 Å². The maximum atomic E-state index is 12.5. The Bertz CT molecular complexity index is 348. The fourth-order valence-corrected chi connectivity index (χ4v) is 2.08. The molecule has 1 heterocycles. The zero-order valence-corrected chi connectivity index (χ0v) is 9.56. The van der Waals surface area contributed by atoms with Crippen LogP contribution in [0.25, 0.3) is 0 Å². The molecule has 1 aromatic rings. The molecule has 0 bridgehead atoms. The summed E-state index contributed by atoms with van der Waals surface area (Å²) in [4.78, 5) is 3.87. The first kappa shape index (κ1) is 12.4. The monoisotopic (exact) mass is 245 g/mol. The predicted octanol–water partition coefficient (Wildman–Crippen LogP) is 2.06. The molecule has 0 aromatic carbocycles. The Morgan fingerprint density at radius 2 is 2.12 bits per heavy atom. The summed E-state index contributed by atoms with van der Waals surface area (Å²) in [6.45, 7) is -2.42. The maximum Gasteiger partial charge on any atom is 0.320 e. The summed E-state index contributed by atoms with van der Waals surface area (Å²) in [6.07, 6.45) is 6.43. The Hall–Kier alpha value is -1.01. The molecule has 0 radical (unpaired) electrons. The molecule has 1 fully saturated rings. The Morgan fingerprint density at radius 3 is 2.76 bits per heavy atom. The van der Waals surface area contributed by atoms with E-state index >= 15 is 0 Å². The fraction of sp³-hybridized carbons (Fsp3) is 0.727. The van der Waals surface area contributed by atoms with Crippen LogP contribution >= 0.6 is 0 Å². The van der Waals surface area contributed by atoms with Crippen LogP contribution in [-0.2, 0) is 11.3 Å². The third-order valence-electron chi connectivity index (χ3n) is 3.13. The fourth-order valence-electron chi connectivity index (χ4n) is 2.08. The number of alkyl halides is 2. The van der Waals surface area contributed by atoms with Crippen molar-refractivity contribution in [1.29, 1.82) is 0 Å². The van der Waals surface area contributed by atoms with Gasteiger partial charge in [-0.25, -0.2) is 4.98 Å². The number of hydrogen-bond donors (Lipinski definition) is 1. The van der Waals surface area contributed by atoms with Gasteiger partial charge in [-0.05, 0) is 25.7 Å². The molecule has 2 N–H and O–H groups in total. The number of imidazole rings is 1. The van der Waals surface area contributed by atoms with Gasteiger partial charge >= 0.3 is 6.55 Å². The number of hydrogen-bond acceptors (Lipinski definition) is 3. The highest BCUT2D eigenvalue weighted by atomic mass is 19.3. The average molecular weight is 245 g/mol. The second-order valence-corrected chi connectivity index (χ2v) is 4.38. The van der Waals surface area contributed by atoms with Crippen molar-refractivity contribution in [3.05, 3.63) is 18.2 Å². The molecule has 6 heteroatoms. The molecule has 0 amide bonds. The van der Waals surface area contributed by atoms with Crippen molar-refractivity contribution in [2.24, 2.45) is 5.73 Å².